The predicted octanol–water partition coefficient (Wildman–Crippen LogP) is 6.45. The molecule has 0 fully saturated rings. The fourth-order valence-electron chi connectivity index (χ4n) is 3.72. The number of fused-ring (bicyclic) bond motifs is 2. The molecule has 0 radical (unpaired) electrons. The molecule has 0 saturated heterocycles. The second kappa shape index (κ2) is 8.81. The molecule has 174 valence electrons. The lowest BCUT2D eigenvalue weighted by molar-refractivity contribution is -0.392. The lowest BCUT2D eigenvalue weighted by atomic mass is 10.1. The molecule has 3 aromatic carbocycles. The van der Waals surface area contributed by atoms with Gasteiger partial charge in [0.1, 0.15) is 0 Å². The van der Waals surface area contributed by atoms with Crippen LogP contribution in [0.15, 0.2) is 75.8 Å². The third-order valence-electron chi connectivity index (χ3n) is 5.22. The van der Waals surface area contributed by atoms with Gasteiger partial charge in [-0.1, -0.05) is 36.0 Å². The number of aryl methyl sites for hydroxylation is 1. The monoisotopic (exact) mass is 505 g/mol. The van der Waals surface area contributed by atoms with Crippen LogP contribution in [-0.4, -0.2) is 20.7 Å². The van der Waals surface area contributed by atoms with Gasteiger partial charge in [-0.05, 0) is 31.2 Å². The number of thiazole rings is 1. The van der Waals surface area contributed by atoms with Gasteiger partial charge in [-0.25, -0.2) is 4.98 Å². The Hall–Kier alpha value is -4.29. The number of hydrogen-bond acceptors (Lipinski definition) is 9. The van der Waals surface area contributed by atoms with Gasteiger partial charge in [-0.3, -0.25) is 29.9 Å². The Morgan fingerprint density at radius 2 is 1.49 bits per heavy atom. The number of rotatable bonds is 5. The van der Waals surface area contributed by atoms with Crippen molar-refractivity contribution in [3.8, 4) is 0 Å². The highest BCUT2D eigenvalue weighted by atomic mass is 32.2. The maximum atomic E-state index is 13.8. The van der Waals surface area contributed by atoms with Crippen LogP contribution >= 0.6 is 23.1 Å². The first kappa shape index (κ1) is 22.5. The van der Waals surface area contributed by atoms with Crippen LogP contribution in [0.25, 0.3) is 0 Å². The van der Waals surface area contributed by atoms with E-state index in [1.807, 2.05) is 24.3 Å². The van der Waals surface area contributed by atoms with Gasteiger partial charge in [0.05, 0.1) is 32.5 Å². The normalized spacial score (nSPS) is 12.0. The summed E-state index contributed by atoms with van der Waals surface area (Å²) < 4.78 is 0. The molecule has 2 heterocycles. The Morgan fingerprint density at radius 3 is 1.97 bits per heavy atom. The molecular formula is C23H15N5O5S2. The van der Waals surface area contributed by atoms with Crippen molar-refractivity contribution in [1.82, 2.24) is 4.98 Å². The number of hydrogen-bond donors (Lipinski definition) is 1. The average Bonchev–Trinajstić information content (AvgIpc) is 3.26. The van der Waals surface area contributed by atoms with E-state index in [2.05, 4.69) is 10.3 Å². The molecule has 0 aliphatic carbocycles. The summed E-state index contributed by atoms with van der Waals surface area (Å²) in [7, 11) is 0. The second-order valence-electron chi connectivity index (χ2n) is 7.50. The van der Waals surface area contributed by atoms with Crippen LogP contribution in [0.3, 0.4) is 0 Å². The molecule has 1 aliphatic rings. The van der Waals surface area contributed by atoms with Crippen molar-refractivity contribution < 1.29 is 14.6 Å². The molecule has 0 unspecified atom stereocenters. The SMILES string of the molecule is Cc1csc(Nc2c([N+](=O)[O-])cc(C(=O)N3c4ccccc4Sc4ccccc43)cc2[N+](=O)[O-])n1. The third-order valence-corrected chi connectivity index (χ3v) is 7.23. The number of nitrogens with one attached hydrogen (secondary N) is 1. The standard InChI is InChI=1S/C23H15N5O5S2/c1-13-12-34-23(24-13)25-21-17(27(30)31)10-14(11-18(21)28(32)33)22(29)26-15-6-2-4-8-19(15)35-20-9-5-3-7-16(20)26/h2-12H,1H3,(H,24,25). The summed E-state index contributed by atoms with van der Waals surface area (Å²) >= 11 is 2.65. The summed E-state index contributed by atoms with van der Waals surface area (Å²) in [5, 5.41) is 28.5. The molecule has 1 N–H and O–H groups in total. The van der Waals surface area contributed by atoms with Gasteiger partial charge < -0.3 is 5.32 Å². The Labute approximate surface area is 206 Å². The van der Waals surface area contributed by atoms with E-state index in [4.69, 9.17) is 0 Å². The zero-order chi connectivity index (χ0) is 24.7. The van der Waals surface area contributed by atoms with Gasteiger partial charge in [0, 0.05) is 27.3 Å². The summed E-state index contributed by atoms with van der Waals surface area (Å²) in [6.07, 6.45) is 0. The number of nitrogens with zero attached hydrogens (tertiary/aromatic N) is 4. The summed E-state index contributed by atoms with van der Waals surface area (Å²) in [5.41, 5.74) is 0.141. The van der Waals surface area contributed by atoms with E-state index < -0.39 is 27.1 Å². The highest BCUT2D eigenvalue weighted by Gasteiger charge is 2.34. The van der Waals surface area contributed by atoms with Crippen LogP contribution in [0.4, 0.5) is 33.6 Å². The van der Waals surface area contributed by atoms with Gasteiger partial charge in [-0.2, -0.15) is 0 Å². The highest BCUT2D eigenvalue weighted by Crippen LogP contribution is 2.49. The Balaban J connectivity index is 1.66. The van der Waals surface area contributed by atoms with E-state index in [1.54, 1.807) is 36.6 Å². The number of nitro benzene ring substituents is 2. The van der Waals surface area contributed by atoms with Crippen molar-refractivity contribution in [3.05, 3.63) is 97.5 Å². The third kappa shape index (κ3) is 4.09. The van der Waals surface area contributed by atoms with Gasteiger partial charge in [0.15, 0.2) is 10.8 Å². The van der Waals surface area contributed by atoms with E-state index in [-0.39, 0.29) is 16.4 Å². The lowest BCUT2D eigenvalue weighted by Gasteiger charge is -2.31. The van der Waals surface area contributed by atoms with E-state index in [1.165, 1.54) is 16.7 Å². The van der Waals surface area contributed by atoms with Crippen LogP contribution in [0.1, 0.15) is 16.1 Å². The predicted molar refractivity (Wildman–Crippen MR) is 133 cm³/mol. The number of benzene rings is 3. The molecule has 0 spiro atoms. The smallest absolute Gasteiger partial charge is 0.300 e. The fourth-order valence-corrected chi connectivity index (χ4v) is 5.47. The number of para-hydroxylation sites is 2. The maximum absolute atomic E-state index is 13.8. The van der Waals surface area contributed by atoms with E-state index in [0.29, 0.717) is 17.1 Å². The van der Waals surface area contributed by atoms with Crippen molar-refractivity contribution >= 4 is 62.6 Å². The molecule has 1 amide bonds. The van der Waals surface area contributed by atoms with Crippen LogP contribution in [0, 0.1) is 27.2 Å². The van der Waals surface area contributed by atoms with E-state index in [0.717, 1.165) is 33.3 Å². The summed E-state index contributed by atoms with van der Waals surface area (Å²) in [4.78, 5) is 43.4. The van der Waals surface area contributed by atoms with Crippen LogP contribution in [0.2, 0.25) is 0 Å². The van der Waals surface area contributed by atoms with Crippen molar-refractivity contribution in [2.24, 2.45) is 0 Å². The minimum Gasteiger partial charge on any atom is -0.320 e. The summed E-state index contributed by atoms with van der Waals surface area (Å²) in [5.74, 6) is -0.618. The Bertz CT molecular complexity index is 1440. The molecule has 4 aromatic rings. The average molecular weight is 506 g/mol. The lowest BCUT2D eigenvalue weighted by Crippen LogP contribution is -2.28. The van der Waals surface area contributed by atoms with Crippen molar-refractivity contribution in [2.75, 3.05) is 10.2 Å². The van der Waals surface area contributed by atoms with Crippen molar-refractivity contribution in [3.63, 3.8) is 0 Å². The number of carbonyl (C=O) groups is 1. The number of anilines is 4. The van der Waals surface area contributed by atoms with Crippen LogP contribution < -0.4 is 10.2 Å². The molecule has 35 heavy (non-hydrogen) atoms. The minimum absolute atomic E-state index is 0.180. The van der Waals surface area contributed by atoms with Crippen LogP contribution in [-0.2, 0) is 0 Å². The number of carbonyl (C=O) groups excluding carboxylic acids is 1. The number of nitro groups is 2. The largest absolute Gasteiger partial charge is 0.320 e. The van der Waals surface area contributed by atoms with Gasteiger partial charge in [0.25, 0.3) is 5.91 Å². The first-order valence-corrected chi connectivity index (χ1v) is 11.9. The molecule has 0 bridgehead atoms. The summed E-state index contributed by atoms with van der Waals surface area (Å²) in [6, 6.07) is 16.6. The minimum atomic E-state index is -0.749. The molecular weight excluding hydrogens is 490 g/mol. The molecule has 1 aromatic heterocycles. The highest BCUT2D eigenvalue weighted by molar-refractivity contribution is 7.99. The molecule has 10 nitrogen and oxygen atoms in total. The van der Waals surface area contributed by atoms with E-state index in [9.17, 15) is 25.0 Å². The topological polar surface area (TPSA) is 132 Å². The molecule has 0 atom stereocenters. The molecule has 0 saturated carbocycles. The summed E-state index contributed by atoms with van der Waals surface area (Å²) in [6.45, 7) is 1.73. The Morgan fingerprint density at radius 1 is 0.943 bits per heavy atom. The molecule has 5 rings (SSSR count). The molecule has 1 aliphatic heterocycles. The van der Waals surface area contributed by atoms with Gasteiger partial charge >= 0.3 is 11.4 Å². The quantitative estimate of drug-likeness (QED) is 0.242. The molecule has 12 heteroatoms. The Kier molecular flexibility index (Phi) is 5.67. The van der Waals surface area contributed by atoms with Gasteiger partial charge in [-0.15, -0.1) is 11.3 Å². The van der Waals surface area contributed by atoms with E-state index >= 15 is 0 Å². The number of amides is 1. The first-order chi connectivity index (χ1) is 16.8. The zero-order valence-corrected chi connectivity index (χ0v) is 19.6. The van der Waals surface area contributed by atoms with Gasteiger partial charge in [0.2, 0.25) is 0 Å². The van der Waals surface area contributed by atoms with Crippen molar-refractivity contribution in [2.45, 2.75) is 16.7 Å². The van der Waals surface area contributed by atoms with Crippen molar-refractivity contribution in [1.29, 1.82) is 0 Å². The maximum Gasteiger partial charge on any atom is 0.300 e. The zero-order valence-electron chi connectivity index (χ0n) is 18.0. The van der Waals surface area contributed by atoms with Crippen LogP contribution in [0.5, 0.6) is 0 Å². The second-order valence-corrected chi connectivity index (χ2v) is 9.44. The number of aromatic nitrogens is 1. The fraction of sp³-hybridized carbons (Fsp3) is 0.0435. The first-order valence-electron chi connectivity index (χ1n) is 10.2.